The van der Waals surface area contributed by atoms with Crippen LogP contribution in [0.25, 0.3) is 10.9 Å². The molecule has 1 aromatic carbocycles. The smallest absolute Gasteiger partial charge is 0.407 e. The summed E-state index contributed by atoms with van der Waals surface area (Å²) in [6.07, 6.45) is 0.971. The first kappa shape index (κ1) is 15.9. The van der Waals surface area contributed by atoms with Crippen LogP contribution in [0.4, 0.5) is 10.5 Å². The summed E-state index contributed by atoms with van der Waals surface area (Å²) in [4.78, 5) is 11.6. The lowest BCUT2D eigenvalue weighted by Gasteiger charge is -2.21. The van der Waals surface area contributed by atoms with Gasteiger partial charge in [0.15, 0.2) is 0 Å². The van der Waals surface area contributed by atoms with E-state index in [9.17, 15) is 4.79 Å². The molecule has 0 bridgehead atoms. The summed E-state index contributed by atoms with van der Waals surface area (Å²) < 4.78 is 10.9. The molecule has 0 saturated carbocycles. The van der Waals surface area contributed by atoms with E-state index in [-0.39, 0.29) is 6.10 Å². The number of benzene rings is 1. The van der Waals surface area contributed by atoms with Crippen LogP contribution in [0.2, 0.25) is 0 Å². The van der Waals surface area contributed by atoms with E-state index >= 15 is 0 Å². The summed E-state index contributed by atoms with van der Waals surface area (Å²) in [5.74, 6) is 0.551. The molecule has 0 aliphatic heterocycles. The van der Waals surface area contributed by atoms with Gasteiger partial charge in [0.25, 0.3) is 0 Å². The van der Waals surface area contributed by atoms with Crippen molar-refractivity contribution >= 4 is 22.7 Å². The van der Waals surface area contributed by atoms with Gasteiger partial charge in [-0.25, -0.2) is 4.79 Å². The van der Waals surface area contributed by atoms with E-state index < -0.39 is 11.7 Å². The van der Waals surface area contributed by atoms with Gasteiger partial charge in [-0.2, -0.15) is 5.10 Å². The summed E-state index contributed by atoms with van der Waals surface area (Å²) in [6.45, 7) is 7.59. The minimum absolute atomic E-state index is 0.254. The molecular formula is C15H22N4O3. The molecule has 0 saturated heterocycles. The highest BCUT2D eigenvalue weighted by Gasteiger charge is 2.17. The van der Waals surface area contributed by atoms with Gasteiger partial charge in [-0.15, -0.1) is 0 Å². The number of H-pyrrole nitrogens is 1. The van der Waals surface area contributed by atoms with Crippen molar-refractivity contribution in [3.8, 4) is 5.75 Å². The Morgan fingerprint density at radius 3 is 2.86 bits per heavy atom. The molecular weight excluding hydrogens is 284 g/mol. The molecule has 7 heteroatoms. The number of nitrogens with one attached hydrogen (secondary N) is 2. The van der Waals surface area contributed by atoms with Crippen molar-refractivity contribution in [2.75, 3.05) is 12.3 Å². The number of carbonyl (C=O) groups excluding carboxylic acids is 1. The number of aromatic amines is 1. The predicted molar refractivity (Wildman–Crippen MR) is 84.8 cm³/mol. The molecule has 2 aromatic rings. The van der Waals surface area contributed by atoms with E-state index in [1.165, 1.54) is 0 Å². The first-order valence-electron chi connectivity index (χ1n) is 7.11. The van der Waals surface area contributed by atoms with Crippen LogP contribution in [0.15, 0.2) is 18.3 Å². The zero-order valence-electron chi connectivity index (χ0n) is 13.3. The van der Waals surface area contributed by atoms with E-state index in [1.54, 1.807) is 18.3 Å². The molecule has 2 rings (SSSR count). The Labute approximate surface area is 129 Å². The van der Waals surface area contributed by atoms with Crippen molar-refractivity contribution in [2.24, 2.45) is 0 Å². The topological polar surface area (TPSA) is 102 Å². The minimum atomic E-state index is -0.524. The number of ether oxygens (including phenoxy) is 2. The zero-order chi connectivity index (χ0) is 16.3. The fourth-order valence-corrected chi connectivity index (χ4v) is 1.89. The maximum Gasteiger partial charge on any atom is 0.407 e. The van der Waals surface area contributed by atoms with Crippen LogP contribution in [0, 0.1) is 0 Å². The van der Waals surface area contributed by atoms with Gasteiger partial charge in [-0.3, -0.25) is 5.10 Å². The fraction of sp³-hybridized carbons (Fsp3) is 0.467. The molecule has 0 aliphatic carbocycles. The standard InChI is InChI=1S/C15H22N4O3/c1-9(7-17-14(20)22-15(2,3)4)21-13-6-12-10(5-11(13)16)8-18-19-12/h5-6,8-9H,7,16H2,1-4H3,(H,17,20)(H,18,19)/t9-/m1/s1. The number of hydrogen-bond donors (Lipinski definition) is 3. The number of aromatic nitrogens is 2. The second-order valence-electron chi connectivity index (χ2n) is 6.16. The average molecular weight is 306 g/mol. The van der Waals surface area contributed by atoms with Crippen molar-refractivity contribution in [3.63, 3.8) is 0 Å². The van der Waals surface area contributed by atoms with E-state index in [4.69, 9.17) is 15.2 Å². The van der Waals surface area contributed by atoms with Crippen LogP contribution in [-0.4, -0.2) is 34.5 Å². The lowest BCUT2D eigenvalue weighted by atomic mass is 10.2. The number of nitrogens with zero attached hydrogens (tertiary/aromatic N) is 1. The fourth-order valence-electron chi connectivity index (χ4n) is 1.89. The Morgan fingerprint density at radius 2 is 2.18 bits per heavy atom. The van der Waals surface area contributed by atoms with Gasteiger partial charge < -0.3 is 20.5 Å². The third-order valence-electron chi connectivity index (χ3n) is 2.83. The highest BCUT2D eigenvalue weighted by molar-refractivity contribution is 5.84. The maximum atomic E-state index is 11.6. The van der Waals surface area contributed by atoms with E-state index in [1.807, 2.05) is 27.7 Å². The molecule has 0 spiro atoms. The van der Waals surface area contributed by atoms with Crippen LogP contribution in [0.1, 0.15) is 27.7 Å². The lowest BCUT2D eigenvalue weighted by Crippen LogP contribution is -2.37. The Morgan fingerprint density at radius 1 is 1.45 bits per heavy atom. The maximum absolute atomic E-state index is 11.6. The third kappa shape index (κ3) is 4.28. The highest BCUT2D eigenvalue weighted by Crippen LogP contribution is 2.27. The second-order valence-corrected chi connectivity index (χ2v) is 6.16. The van der Waals surface area contributed by atoms with Gasteiger partial charge in [0.2, 0.25) is 0 Å². The average Bonchev–Trinajstić information content (AvgIpc) is 2.82. The summed E-state index contributed by atoms with van der Waals surface area (Å²) >= 11 is 0. The van der Waals surface area contributed by atoms with E-state index in [0.29, 0.717) is 18.0 Å². The van der Waals surface area contributed by atoms with E-state index in [0.717, 1.165) is 10.9 Å². The molecule has 1 atom stereocenters. The summed E-state index contributed by atoms with van der Waals surface area (Å²) in [7, 11) is 0. The van der Waals surface area contributed by atoms with Gasteiger partial charge in [0.1, 0.15) is 17.5 Å². The Balaban J connectivity index is 1.92. The Kier molecular flexibility index (Phi) is 4.44. The highest BCUT2D eigenvalue weighted by atomic mass is 16.6. The molecule has 120 valence electrons. The van der Waals surface area contributed by atoms with Gasteiger partial charge in [0, 0.05) is 11.5 Å². The number of anilines is 1. The normalized spacial score (nSPS) is 12.9. The van der Waals surface area contributed by atoms with Crippen LogP contribution >= 0.6 is 0 Å². The first-order valence-corrected chi connectivity index (χ1v) is 7.11. The molecule has 7 nitrogen and oxygen atoms in total. The molecule has 22 heavy (non-hydrogen) atoms. The molecule has 0 aliphatic rings. The first-order chi connectivity index (χ1) is 10.2. The Bertz CT molecular complexity index is 660. The van der Waals surface area contributed by atoms with E-state index in [2.05, 4.69) is 15.5 Å². The lowest BCUT2D eigenvalue weighted by molar-refractivity contribution is 0.0505. The number of nitrogen functional groups attached to an aromatic ring is 1. The number of rotatable bonds is 4. The van der Waals surface area contributed by atoms with Crippen molar-refractivity contribution < 1.29 is 14.3 Å². The second kappa shape index (κ2) is 6.13. The number of alkyl carbamates (subject to hydrolysis) is 1. The van der Waals surface area contributed by atoms with Gasteiger partial charge in [0.05, 0.1) is 23.9 Å². The minimum Gasteiger partial charge on any atom is -0.487 e. The van der Waals surface area contributed by atoms with Crippen LogP contribution in [0.5, 0.6) is 5.75 Å². The molecule has 1 aromatic heterocycles. The quantitative estimate of drug-likeness (QED) is 0.753. The van der Waals surface area contributed by atoms with Crippen LogP contribution in [0.3, 0.4) is 0 Å². The number of carbonyl (C=O) groups is 1. The summed E-state index contributed by atoms with van der Waals surface area (Å²) in [5.41, 5.74) is 6.80. The number of fused-ring (bicyclic) bond motifs is 1. The number of hydrogen-bond acceptors (Lipinski definition) is 5. The molecule has 0 unspecified atom stereocenters. The molecule has 0 radical (unpaired) electrons. The van der Waals surface area contributed by atoms with Crippen molar-refractivity contribution in [2.45, 2.75) is 39.4 Å². The summed E-state index contributed by atoms with van der Waals surface area (Å²) in [6, 6.07) is 3.59. The molecule has 1 amide bonds. The van der Waals surface area contributed by atoms with Gasteiger partial charge in [-0.05, 0) is 33.8 Å². The molecule has 1 heterocycles. The van der Waals surface area contributed by atoms with Crippen LogP contribution < -0.4 is 15.8 Å². The van der Waals surface area contributed by atoms with Crippen molar-refractivity contribution in [1.29, 1.82) is 0 Å². The number of amides is 1. The monoisotopic (exact) mass is 306 g/mol. The SMILES string of the molecule is C[C@H](CNC(=O)OC(C)(C)C)Oc1cc2[nH]ncc2cc1N. The zero-order valence-corrected chi connectivity index (χ0v) is 13.3. The molecule has 4 N–H and O–H groups in total. The third-order valence-corrected chi connectivity index (χ3v) is 2.83. The van der Waals surface area contributed by atoms with Crippen molar-refractivity contribution in [1.82, 2.24) is 15.5 Å². The summed E-state index contributed by atoms with van der Waals surface area (Å²) in [5, 5.41) is 10.4. The number of nitrogens with two attached hydrogens (primary N) is 1. The van der Waals surface area contributed by atoms with Crippen LogP contribution in [-0.2, 0) is 4.74 Å². The van der Waals surface area contributed by atoms with Gasteiger partial charge in [-0.1, -0.05) is 0 Å². The Hall–Kier alpha value is -2.44. The van der Waals surface area contributed by atoms with Gasteiger partial charge >= 0.3 is 6.09 Å². The van der Waals surface area contributed by atoms with Crippen molar-refractivity contribution in [3.05, 3.63) is 18.3 Å². The molecule has 0 fully saturated rings. The predicted octanol–water partition coefficient (Wildman–Crippen LogP) is 2.44. The largest absolute Gasteiger partial charge is 0.487 e.